The van der Waals surface area contributed by atoms with Gasteiger partial charge in [-0.25, -0.2) is 4.39 Å². The molecule has 0 unspecified atom stereocenters. The second-order valence-corrected chi connectivity index (χ2v) is 5.21. The van der Waals surface area contributed by atoms with E-state index in [1.807, 2.05) is 43.5 Å². The van der Waals surface area contributed by atoms with Crippen molar-refractivity contribution in [1.29, 1.82) is 0 Å². The fraction of sp³-hybridized carbons (Fsp3) is 0.222. The van der Waals surface area contributed by atoms with Crippen molar-refractivity contribution in [3.05, 3.63) is 65.6 Å². The molecule has 0 atom stereocenters. The predicted molar refractivity (Wildman–Crippen MR) is 83.1 cm³/mol. The minimum absolute atomic E-state index is 0.215. The zero-order chi connectivity index (χ0) is 14.8. The molecule has 0 spiro atoms. The van der Waals surface area contributed by atoms with Crippen molar-refractivity contribution in [2.45, 2.75) is 27.0 Å². The van der Waals surface area contributed by atoms with Crippen LogP contribution < -0.4 is 4.74 Å². The van der Waals surface area contributed by atoms with Crippen LogP contribution in [0, 0.1) is 12.7 Å². The van der Waals surface area contributed by atoms with Crippen LogP contribution in [0.5, 0.6) is 5.75 Å². The summed E-state index contributed by atoms with van der Waals surface area (Å²) in [5.41, 5.74) is 3.21. The molecule has 0 saturated heterocycles. The number of aromatic nitrogens is 1. The molecule has 2 aromatic carbocycles. The number of fused-ring (bicyclic) bond motifs is 1. The van der Waals surface area contributed by atoms with Gasteiger partial charge in [0.25, 0.3) is 0 Å². The van der Waals surface area contributed by atoms with Crippen LogP contribution in [0.15, 0.2) is 48.7 Å². The van der Waals surface area contributed by atoms with Gasteiger partial charge in [-0.15, -0.1) is 0 Å². The lowest BCUT2D eigenvalue weighted by atomic mass is 10.2. The van der Waals surface area contributed by atoms with Crippen molar-refractivity contribution in [2.75, 3.05) is 0 Å². The molecule has 0 bridgehead atoms. The molecule has 3 heteroatoms. The first kappa shape index (κ1) is 13.7. The average Bonchev–Trinajstić information content (AvgIpc) is 2.82. The normalized spacial score (nSPS) is 11.0. The van der Waals surface area contributed by atoms with Crippen molar-refractivity contribution >= 4 is 10.9 Å². The number of halogens is 1. The molecular weight excluding hydrogens is 265 g/mol. The van der Waals surface area contributed by atoms with E-state index >= 15 is 0 Å². The lowest BCUT2D eigenvalue weighted by Gasteiger charge is -2.06. The summed E-state index contributed by atoms with van der Waals surface area (Å²) in [5.74, 6) is 0.622. The Morgan fingerprint density at radius 1 is 1.14 bits per heavy atom. The van der Waals surface area contributed by atoms with Crippen LogP contribution >= 0.6 is 0 Å². The molecule has 0 aliphatic rings. The topological polar surface area (TPSA) is 14.2 Å². The first-order valence-corrected chi connectivity index (χ1v) is 7.14. The van der Waals surface area contributed by atoms with Crippen molar-refractivity contribution in [3.63, 3.8) is 0 Å². The second-order valence-electron chi connectivity index (χ2n) is 5.21. The van der Waals surface area contributed by atoms with Gasteiger partial charge in [-0.2, -0.15) is 0 Å². The third kappa shape index (κ3) is 2.77. The number of benzene rings is 2. The highest BCUT2D eigenvalue weighted by molar-refractivity contribution is 5.84. The Morgan fingerprint density at radius 3 is 2.76 bits per heavy atom. The Balaban J connectivity index is 1.91. The van der Waals surface area contributed by atoms with E-state index in [1.165, 1.54) is 6.07 Å². The highest BCUT2D eigenvalue weighted by Gasteiger charge is 2.09. The van der Waals surface area contributed by atoms with Crippen LogP contribution in [0.2, 0.25) is 0 Å². The molecule has 21 heavy (non-hydrogen) atoms. The van der Waals surface area contributed by atoms with Crippen molar-refractivity contribution < 1.29 is 9.13 Å². The molecule has 108 valence electrons. The Bertz CT molecular complexity index is 776. The van der Waals surface area contributed by atoms with E-state index < -0.39 is 0 Å². The Kier molecular flexibility index (Phi) is 3.65. The predicted octanol–water partition coefficient (Wildman–Crippen LogP) is 4.69. The first-order chi connectivity index (χ1) is 10.2. The average molecular weight is 283 g/mol. The summed E-state index contributed by atoms with van der Waals surface area (Å²) in [7, 11) is 0. The lowest BCUT2D eigenvalue weighted by Crippen LogP contribution is -1.95. The fourth-order valence-corrected chi connectivity index (χ4v) is 2.59. The summed E-state index contributed by atoms with van der Waals surface area (Å²) in [6, 6.07) is 12.8. The molecule has 1 heterocycles. The van der Waals surface area contributed by atoms with Crippen molar-refractivity contribution in [2.24, 2.45) is 0 Å². The monoisotopic (exact) mass is 283 g/mol. The van der Waals surface area contributed by atoms with Gasteiger partial charge in [0, 0.05) is 29.2 Å². The van der Waals surface area contributed by atoms with Crippen LogP contribution in [0.25, 0.3) is 10.9 Å². The lowest BCUT2D eigenvalue weighted by molar-refractivity contribution is 0.307. The number of rotatable bonds is 4. The molecule has 0 amide bonds. The molecule has 0 aliphatic carbocycles. The standard InChI is InChI=1S/C18H18FNO/c1-3-20-11-14(17-10-15(19)7-8-18(17)20)12-21-16-6-4-5-13(2)9-16/h4-11H,3,12H2,1-2H3. The van der Waals surface area contributed by atoms with Crippen molar-refractivity contribution in [3.8, 4) is 5.75 Å². The van der Waals surface area contributed by atoms with Gasteiger partial charge in [-0.05, 0) is 49.7 Å². The maximum Gasteiger partial charge on any atom is 0.123 e. The minimum atomic E-state index is -0.215. The number of aryl methyl sites for hydroxylation is 2. The van der Waals surface area contributed by atoms with E-state index in [0.717, 1.165) is 34.3 Å². The zero-order valence-electron chi connectivity index (χ0n) is 12.3. The van der Waals surface area contributed by atoms with E-state index in [2.05, 4.69) is 11.5 Å². The van der Waals surface area contributed by atoms with Crippen LogP contribution in [0.3, 0.4) is 0 Å². The molecule has 0 aliphatic heterocycles. The van der Waals surface area contributed by atoms with Gasteiger partial charge in [0.2, 0.25) is 0 Å². The van der Waals surface area contributed by atoms with Gasteiger partial charge in [-0.1, -0.05) is 12.1 Å². The summed E-state index contributed by atoms with van der Waals surface area (Å²) in [6.07, 6.45) is 2.04. The third-order valence-electron chi connectivity index (χ3n) is 3.65. The highest BCUT2D eigenvalue weighted by atomic mass is 19.1. The molecule has 1 aromatic heterocycles. The molecule has 0 saturated carbocycles. The summed E-state index contributed by atoms with van der Waals surface area (Å²) < 4.78 is 21.5. The van der Waals surface area contributed by atoms with E-state index in [4.69, 9.17) is 4.74 Å². The van der Waals surface area contributed by atoms with Gasteiger partial charge in [-0.3, -0.25) is 0 Å². The molecule has 0 N–H and O–H groups in total. The number of nitrogens with zero attached hydrogens (tertiary/aromatic N) is 1. The van der Waals surface area contributed by atoms with E-state index in [1.54, 1.807) is 6.07 Å². The maximum absolute atomic E-state index is 13.5. The minimum Gasteiger partial charge on any atom is -0.489 e. The molecule has 3 aromatic rings. The van der Waals surface area contributed by atoms with Gasteiger partial charge in [0.15, 0.2) is 0 Å². The van der Waals surface area contributed by atoms with Crippen LogP contribution in [-0.2, 0) is 13.2 Å². The van der Waals surface area contributed by atoms with E-state index in [9.17, 15) is 4.39 Å². The summed E-state index contributed by atoms with van der Waals surface area (Å²) in [4.78, 5) is 0. The van der Waals surface area contributed by atoms with Gasteiger partial charge in [0.1, 0.15) is 18.2 Å². The third-order valence-corrected chi connectivity index (χ3v) is 3.65. The van der Waals surface area contributed by atoms with Gasteiger partial charge in [0.05, 0.1) is 0 Å². The number of hydrogen-bond donors (Lipinski definition) is 0. The summed E-state index contributed by atoms with van der Waals surface area (Å²) in [5, 5.41) is 0.921. The highest BCUT2D eigenvalue weighted by Crippen LogP contribution is 2.24. The van der Waals surface area contributed by atoms with Crippen LogP contribution in [-0.4, -0.2) is 4.57 Å². The molecule has 2 nitrogen and oxygen atoms in total. The summed E-state index contributed by atoms with van der Waals surface area (Å²) >= 11 is 0. The maximum atomic E-state index is 13.5. The zero-order valence-corrected chi connectivity index (χ0v) is 12.3. The molecular formula is C18H18FNO. The number of ether oxygens (including phenoxy) is 1. The largest absolute Gasteiger partial charge is 0.489 e. The first-order valence-electron chi connectivity index (χ1n) is 7.14. The van der Waals surface area contributed by atoms with E-state index in [0.29, 0.717) is 6.61 Å². The SMILES string of the molecule is CCn1cc(COc2cccc(C)c2)c2cc(F)ccc21. The summed E-state index contributed by atoms with van der Waals surface area (Å²) in [6.45, 7) is 5.40. The smallest absolute Gasteiger partial charge is 0.123 e. The second kappa shape index (κ2) is 5.60. The van der Waals surface area contributed by atoms with Crippen LogP contribution in [0.1, 0.15) is 18.1 Å². The Labute approximate surface area is 123 Å². The fourth-order valence-electron chi connectivity index (χ4n) is 2.59. The quantitative estimate of drug-likeness (QED) is 0.677. The van der Waals surface area contributed by atoms with Gasteiger partial charge >= 0.3 is 0 Å². The Hall–Kier alpha value is -2.29. The molecule has 3 rings (SSSR count). The molecule has 0 radical (unpaired) electrons. The number of hydrogen-bond acceptors (Lipinski definition) is 1. The van der Waals surface area contributed by atoms with E-state index in [-0.39, 0.29) is 5.82 Å². The molecule has 0 fully saturated rings. The van der Waals surface area contributed by atoms with Crippen molar-refractivity contribution in [1.82, 2.24) is 4.57 Å². The Morgan fingerprint density at radius 2 is 2.00 bits per heavy atom. The van der Waals surface area contributed by atoms with Gasteiger partial charge < -0.3 is 9.30 Å². The van der Waals surface area contributed by atoms with Crippen LogP contribution in [0.4, 0.5) is 4.39 Å².